The molecule has 4 heteroatoms. The van der Waals surface area contributed by atoms with Gasteiger partial charge in [-0.3, -0.25) is 9.69 Å². The molecule has 4 nitrogen and oxygen atoms in total. The van der Waals surface area contributed by atoms with Gasteiger partial charge in [0.2, 0.25) is 0 Å². The van der Waals surface area contributed by atoms with Crippen LogP contribution in [0.25, 0.3) is 10.8 Å². The molecule has 0 radical (unpaired) electrons. The summed E-state index contributed by atoms with van der Waals surface area (Å²) < 4.78 is 5.38. The minimum Gasteiger partial charge on any atom is -0.379 e. The van der Waals surface area contributed by atoms with Gasteiger partial charge in [0.15, 0.2) is 0 Å². The van der Waals surface area contributed by atoms with Gasteiger partial charge >= 0.3 is 0 Å². The van der Waals surface area contributed by atoms with Crippen molar-refractivity contribution in [2.45, 2.75) is 32.7 Å². The molecule has 0 atom stereocenters. The minimum absolute atomic E-state index is 0.00579. The Balaban J connectivity index is 1.93. The number of nitrogens with zero attached hydrogens (tertiary/aromatic N) is 1. The van der Waals surface area contributed by atoms with E-state index < -0.39 is 0 Å². The van der Waals surface area contributed by atoms with Crippen LogP contribution in [-0.4, -0.2) is 36.2 Å². The van der Waals surface area contributed by atoms with Crippen molar-refractivity contribution >= 4 is 10.8 Å². The molecule has 0 amide bonds. The molecule has 1 aromatic heterocycles. The average molecular weight is 300 g/mol. The number of benzene rings is 1. The van der Waals surface area contributed by atoms with Crippen LogP contribution < -0.4 is 5.56 Å². The summed E-state index contributed by atoms with van der Waals surface area (Å²) in [6.07, 6.45) is 0. The van der Waals surface area contributed by atoms with Crippen molar-refractivity contribution in [1.29, 1.82) is 0 Å². The first-order chi connectivity index (χ1) is 10.4. The number of morpholine rings is 1. The van der Waals surface area contributed by atoms with Crippen molar-refractivity contribution in [1.82, 2.24) is 9.88 Å². The number of hydrogen-bond acceptors (Lipinski definition) is 3. The molecule has 1 fully saturated rings. The first-order valence-corrected chi connectivity index (χ1v) is 7.90. The van der Waals surface area contributed by atoms with Crippen molar-refractivity contribution in [2.24, 2.45) is 0 Å². The second-order valence-electron chi connectivity index (χ2n) is 7.07. The average Bonchev–Trinajstić information content (AvgIpc) is 2.48. The number of pyridine rings is 1. The van der Waals surface area contributed by atoms with Crippen LogP contribution in [0.4, 0.5) is 0 Å². The molecule has 0 bridgehead atoms. The van der Waals surface area contributed by atoms with Crippen molar-refractivity contribution < 1.29 is 4.74 Å². The third-order valence-electron chi connectivity index (χ3n) is 4.23. The Morgan fingerprint density at radius 3 is 2.59 bits per heavy atom. The van der Waals surface area contributed by atoms with Gasteiger partial charge in [0, 0.05) is 36.1 Å². The SMILES string of the molecule is CC(C)(C)c1cc2ccc(CN3CCOCC3)cc2c(=O)[nH]1. The summed E-state index contributed by atoms with van der Waals surface area (Å²) >= 11 is 0. The molecular weight excluding hydrogens is 276 g/mol. The van der Waals surface area contributed by atoms with E-state index in [4.69, 9.17) is 4.74 Å². The molecule has 2 aromatic rings. The van der Waals surface area contributed by atoms with Gasteiger partial charge in [-0.25, -0.2) is 0 Å². The summed E-state index contributed by atoms with van der Waals surface area (Å²) in [5.41, 5.74) is 2.11. The van der Waals surface area contributed by atoms with Gasteiger partial charge in [0.25, 0.3) is 5.56 Å². The van der Waals surface area contributed by atoms with Crippen LogP contribution in [0.3, 0.4) is 0 Å². The molecule has 0 unspecified atom stereocenters. The molecule has 2 heterocycles. The monoisotopic (exact) mass is 300 g/mol. The molecule has 22 heavy (non-hydrogen) atoms. The Labute approximate surface area is 131 Å². The van der Waals surface area contributed by atoms with Gasteiger partial charge in [0.1, 0.15) is 0 Å². The van der Waals surface area contributed by atoms with Gasteiger partial charge < -0.3 is 9.72 Å². The number of aromatic nitrogens is 1. The van der Waals surface area contributed by atoms with E-state index in [1.54, 1.807) is 0 Å². The Kier molecular flexibility index (Phi) is 4.06. The number of fused-ring (bicyclic) bond motifs is 1. The first-order valence-electron chi connectivity index (χ1n) is 7.90. The molecule has 0 aliphatic carbocycles. The minimum atomic E-state index is -0.0557. The first kappa shape index (κ1) is 15.3. The molecule has 1 aliphatic heterocycles. The maximum atomic E-state index is 12.4. The number of hydrogen-bond donors (Lipinski definition) is 1. The Morgan fingerprint density at radius 1 is 1.18 bits per heavy atom. The molecular formula is C18H24N2O2. The Hall–Kier alpha value is -1.65. The third kappa shape index (κ3) is 3.23. The van der Waals surface area contributed by atoms with Crippen LogP contribution in [0.2, 0.25) is 0 Å². The number of rotatable bonds is 2. The zero-order chi connectivity index (χ0) is 15.7. The Morgan fingerprint density at radius 2 is 1.91 bits per heavy atom. The quantitative estimate of drug-likeness (QED) is 0.927. The number of nitrogens with one attached hydrogen (secondary N) is 1. The number of H-pyrrole nitrogens is 1. The Bertz CT molecular complexity index is 722. The van der Waals surface area contributed by atoms with Gasteiger partial charge in [-0.1, -0.05) is 32.9 Å². The zero-order valence-electron chi connectivity index (χ0n) is 13.6. The van der Waals surface area contributed by atoms with E-state index in [-0.39, 0.29) is 11.0 Å². The fourth-order valence-electron chi connectivity index (χ4n) is 2.83. The van der Waals surface area contributed by atoms with E-state index in [0.29, 0.717) is 0 Å². The van der Waals surface area contributed by atoms with E-state index in [0.717, 1.165) is 49.3 Å². The van der Waals surface area contributed by atoms with E-state index in [1.165, 1.54) is 5.56 Å². The highest BCUT2D eigenvalue weighted by atomic mass is 16.5. The van der Waals surface area contributed by atoms with Crippen LogP contribution >= 0.6 is 0 Å². The van der Waals surface area contributed by atoms with Gasteiger partial charge in [-0.15, -0.1) is 0 Å². The summed E-state index contributed by atoms with van der Waals surface area (Å²) in [7, 11) is 0. The highest BCUT2D eigenvalue weighted by Gasteiger charge is 2.16. The van der Waals surface area contributed by atoms with Crippen LogP contribution in [-0.2, 0) is 16.7 Å². The largest absolute Gasteiger partial charge is 0.379 e. The lowest BCUT2D eigenvalue weighted by Crippen LogP contribution is -2.35. The fraction of sp³-hybridized carbons (Fsp3) is 0.500. The molecule has 1 aromatic carbocycles. The summed E-state index contributed by atoms with van der Waals surface area (Å²) in [6.45, 7) is 10.7. The predicted octanol–water partition coefficient (Wildman–Crippen LogP) is 2.66. The third-order valence-corrected chi connectivity index (χ3v) is 4.23. The maximum Gasteiger partial charge on any atom is 0.256 e. The van der Waals surface area contributed by atoms with Gasteiger partial charge in [0.05, 0.1) is 13.2 Å². The molecule has 0 spiro atoms. The van der Waals surface area contributed by atoms with E-state index in [2.05, 4.69) is 48.9 Å². The van der Waals surface area contributed by atoms with Crippen molar-refractivity contribution in [3.05, 3.63) is 45.9 Å². The van der Waals surface area contributed by atoms with Crippen LogP contribution in [0.15, 0.2) is 29.1 Å². The van der Waals surface area contributed by atoms with Crippen LogP contribution in [0.5, 0.6) is 0 Å². The fourth-order valence-corrected chi connectivity index (χ4v) is 2.83. The lowest BCUT2D eigenvalue weighted by atomic mass is 9.90. The summed E-state index contributed by atoms with van der Waals surface area (Å²) in [4.78, 5) is 17.8. The van der Waals surface area contributed by atoms with E-state index in [1.807, 2.05) is 6.07 Å². The highest BCUT2D eigenvalue weighted by molar-refractivity contribution is 5.82. The van der Waals surface area contributed by atoms with Crippen LogP contribution in [0.1, 0.15) is 32.0 Å². The summed E-state index contributed by atoms with van der Waals surface area (Å²) in [5, 5.41) is 1.79. The lowest BCUT2D eigenvalue weighted by Gasteiger charge is -2.26. The maximum absolute atomic E-state index is 12.4. The van der Waals surface area contributed by atoms with Gasteiger partial charge in [-0.05, 0) is 23.1 Å². The molecule has 0 saturated carbocycles. The summed E-state index contributed by atoms with van der Waals surface area (Å²) in [5.74, 6) is 0. The standard InChI is InChI=1S/C18H24N2O2/c1-18(2,3)16-11-14-5-4-13(10-15(14)17(21)19-16)12-20-6-8-22-9-7-20/h4-5,10-11H,6-9,12H2,1-3H3,(H,19,21). The van der Waals surface area contributed by atoms with Gasteiger partial charge in [-0.2, -0.15) is 0 Å². The van der Waals surface area contributed by atoms with Crippen molar-refractivity contribution in [3.63, 3.8) is 0 Å². The smallest absolute Gasteiger partial charge is 0.256 e. The topological polar surface area (TPSA) is 45.3 Å². The molecule has 1 aliphatic rings. The van der Waals surface area contributed by atoms with E-state index in [9.17, 15) is 4.79 Å². The number of aromatic amines is 1. The zero-order valence-corrected chi connectivity index (χ0v) is 13.6. The highest BCUT2D eigenvalue weighted by Crippen LogP contribution is 2.23. The summed E-state index contributed by atoms with van der Waals surface area (Å²) in [6, 6.07) is 8.31. The lowest BCUT2D eigenvalue weighted by molar-refractivity contribution is 0.0342. The molecule has 3 rings (SSSR count). The molecule has 1 N–H and O–H groups in total. The van der Waals surface area contributed by atoms with Crippen molar-refractivity contribution in [3.8, 4) is 0 Å². The normalized spacial score (nSPS) is 17.0. The predicted molar refractivity (Wildman–Crippen MR) is 89.4 cm³/mol. The van der Waals surface area contributed by atoms with E-state index >= 15 is 0 Å². The van der Waals surface area contributed by atoms with Crippen molar-refractivity contribution in [2.75, 3.05) is 26.3 Å². The second-order valence-corrected chi connectivity index (χ2v) is 7.07. The second kappa shape index (κ2) is 5.86. The molecule has 118 valence electrons. The molecule has 1 saturated heterocycles. The van der Waals surface area contributed by atoms with Crippen LogP contribution in [0, 0.1) is 0 Å². The number of ether oxygens (including phenoxy) is 1.